The molecule has 1 N–H and O–H groups in total. The van der Waals surface area contributed by atoms with Crippen LogP contribution in [0.25, 0.3) is 27.8 Å². The lowest BCUT2D eigenvalue weighted by molar-refractivity contribution is -0.160. The van der Waals surface area contributed by atoms with Gasteiger partial charge >= 0.3 is 5.97 Å². The number of aromatic nitrogens is 5. The fourth-order valence-electron chi connectivity index (χ4n) is 5.48. The van der Waals surface area contributed by atoms with E-state index in [0.29, 0.717) is 24.4 Å². The van der Waals surface area contributed by atoms with Gasteiger partial charge in [-0.15, -0.1) is 0 Å². The van der Waals surface area contributed by atoms with E-state index in [9.17, 15) is 9.90 Å². The van der Waals surface area contributed by atoms with Gasteiger partial charge in [-0.3, -0.25) is 0 Å². The third-order valence-electron chi connectivity index (χ3n) is 7.26. The zero-order valence-corrected chi connectivity index (χ0v) is 23.7. The minimum atomic E-state index is -1.18. The largest absolute Gasteiger partial charge is 0.493 e. The summed E-state index contributed by atoms with van der Waals surface area (Å²) in [5, 5.41) is 15.4. The van der Waals surface area contributed by atoms with Crippen molar-refractivity contribution in [3.05, 3.63) is 89.8 Å². The van der Waals surface area contributed by atoms with Crippen molar-refractivity contribution < 1.29 is 19.4 Å². The van der Waals surface area contributed by atoms with Crippen molar-refractivity contribution in [2.24, 2.45) is 0 Å². The van der Waals surface area contributed by atoms with Gasteiger partial charge in [0.05, 0.1) is 17.9 Å². The molecule has 0 bridgehead atoms. The molecule has 9 heteroatoms. The van der Waals surface area contributed by atoms with Crippen LogP contribution in [0.1, 0.15) is 55.7 Å². The summed E-state index contributed by atoms with van der Waals surface area (Å²) in [5.74, 6) is -0.158. The average molecular weight is 552 g/mol. The van der Waals surface area contributed by atoms with Crippen molar-refractivity contribution in [2.75, 3.05) is 6.61 Å². The molecular weight excluding hydrogens is 518 g/mol. The number of ether oxygens (including phenoxy) is 2. The van der Waals surface area contributed by atoms with E-state index in [1.54, 1.807) is 11.0 Å². The van der Waals surface area contributed by atoms with Crippen LogP contribution in [0.4, 0.5) is 0 Å². The van der Waals surface area contributed by atoms with Crippen LogP contribution in [0, 0.1) is 6.92 Å². The third kappa shape index (κ3) is 5.32. The van der Waals surface area contributed by atoms with Gasteiger partial charge in [-0.25, -0.2) is 19.4 Å². The number of carboxylic acids is 1. The Labute approximate surface area is 238 Å². The first kappa shape index (κ1) is 26.7. The highest BCUT2D eigenvalue weighted by atomic mass is 16.5. The molecule has 0 spiro atoms. The molecule has 1 aliphatic rings. The van der Waals surface area contributed by atoms with Gasteiger partial charge in [0, 0.05) is 34.9 Å². The molecule has 6 rings (SSSR count). The Balaban J connectivity index is 1.48. The summed E-state index contributed by atoms with van der Waals surface area (Å²) in [7, 11) is 0. The molecular formula is C32H33N5O4. The number of hydrogen-bond donors (Lipinski definition) is 1. The van der Waals surface area contributed by atoms with Gasteiger partial charge in [0.2, 0.25) is 0 Å². The van der Waals surface area contributed by atoms with Gasteiger partial charge in [-0.2, -0.15) is 5.10 Å². The smallest absolute Gasteiger partial charge is 0.337 e. The number of aryl methyl sites for hydroxylation is 2. The molecule has 0 radical (unpaired) electrons. The lowest BCUT2D eigenvalue weighted by Crippen LogP contribution is -2.28. The maximum absolute atomic E-state index is 12.7. The number of carbonyl (C=O) groups is 1. The lowest BCUT2D eigenvalue weighted by Gasteiger charge is -2.28. The third-order valence-corrected chi connectivity index (χ3v) is 7.26. The van der Waals surface area contributed by atoms with Gasteiger partial charge in [0.1, 0.15) is 24.1 Å². The molecule has 4 heterocycles. The second-order valence-electron chi connectivity index (χ2n) is 11.4. The predicted molar refractivity (Wildman–Crippen MR) is 155 cm³/mol. The molecule has 1 unspecified atom stereocenters. The van der Waals surface area contributed by atoms with Crippen molar-refractivity contribution in [1.29, 1.82) is 0 Å². The average Bonchev–Trinajstić information content (AvgIpc) is 3.62. The minimum Gasteiger partial charge on any atom is -0.493 e. The van der Waals surface area contributed by atoms with Gasteiger partial charge in [0.25, 0.3) is 0 Å². The van der Waals surface area contributed by atoms with Gasteiger partial charge in [-0.1, -0.05) is 18.2 Å². The summed E-state index contributed by atoms with van der Waals surface area (Å²) in [6.45, 7) is 8.77. The van der Waals surface area contributed by atoms with Gasteiger partial charge in [-0.05, 0) is 87.6 Å². The maximum atomic E-state index is 12.7. The van der Waals surface area contributed by atoms with E-state index < -0.39 is 17.7 Å². The van der Waals surface area contributed by atoms with Crippen molar-refractivity contribution in [1.82, 2.24) is 24.3 Å². The van der Waals surface area contributed by atoms with E-state index in [4.69, 9.17) is 14.5 Å². The number of benzene rings is 2. The van der Waals surface area contributed by atoms with Crippen LogP contribution in [0.5, 0.6) is 5.75 Å². The number of hydrogen-bond acceptors (Lipinski definition) is 6. The molecule has 0 fully saturated rings. The number of carboxylic acid groups (broad SMARTS) is 1. The monoisotopic (exact) mass is 551 g/mol. The number of nitrogens with zero attached hydrogens (tertiary/aromatic N) is 5. The first-order valence-electron chi connectivity index (χ1n) is 13.8. The van der Waals surface area contributed by atoms with E-state index >= 15 is 0 Å². The van der Waals surface area contributed by atoms with Crippen LogP contribution in [-0.2, 0) is 22.5 Å². The van der Waals surface area contributed by atoms with Crippen molar-refractivity contribution in [2.45, 2.75) is 58.8 Å². The Morgan fingerprint density at radius 1 is 1.15 bits per heavy atom. The lowest BCUT2D eigenvalue weighted by atomic mass is 9.90. The topological polar surface area (TPSA) is 104 Å². The first-order chi connectivity index (χ1) is 19.7. The van der Waals surface area contributed by atoms with Gasteiger partial charge < -0.3 is 19.1 Å². The quantitative estimate of drug-likeness (QED) is 0.268. The molecule has 0 saturated heterocycles. The molecule has 9 nitrogen and oxygen atoms in total. The highest BCUT2D eigenvalue weighted by Gasteiger charge is 2.33. The normalized spacial score (nSPS) is 14.0. The summed E-state index contributed by atoms with van der Waals surface area (Å²) in [5.41, 5.74) is 6.23. The fourth-order valence-corrected chi connectivity index (χ4v) is 5.48. The molecule has 0 saturated carbocycles. The highest BCUT2D eigenvalue weighted by molar-refractivity contribution is 5.98. The standard InChI is InChI=1S/C32H33N5O4/c1-20-27(29(31(38)39)41-32(2,3)4)28(23-9-12-26-22(16-23)6-5-15-40-26)25-13-14-36(30(25)35-20)17-21-7-10-24(11-8-21)37-19-33-18-34-37/h7-14,16,18-19,29H,5-6,15,17H2,1-4H3,(H,38,39). The van der Waals surface area contributed by atoms with Crippen molar-refractivity contribution >= 4 is 17.0 Å². The minimum absolute atomic E-state index is 0.575. The molecule has 210 valence electrons. The van der Waals surface area contributed by atoms with Crippen LogP contribution >= 0.6 is 0 Å². The highest BCUT2D eigenvalue weighted by Crippen LogP contribution is 2.41. The first-order valence-corrected chi connectivity index (χ1v) is 13.8. The van der Waals surface area contributed by atoms with Crippen LogP contribution in [0.3, 0.4) is 0 Å². The SMILES string of the molecule is Cc1nc2c(ccn2Cc2ccc(-n3cncn3)cc2)c(-c2ccc3c(c2)CCCO3)c1C(OC(C)(C)C)C(=O)O. The van der Waals surface area contributed by atoms with Crippen LogP contribution in [0.15, 0.2) is 67.4 Å². The molecule has 1 atom stereocenters. The fraction of sp³-hybridized carbons (Fsp3) is 0.312. The van der Waals surface area contributed by atoms with Crippen LogP contribution in [-0.4, -0.2) is 47.6 Å². The van der Waals surface area contributed by atoms with Gasteiger partial charge in [0.15, 0.2) is 6.10 Å². The Morgan fingerprint density at radius 3 is 2.66 bits per heavy atom. The van der Waals surface area contributed by atoms with E-state index in [-0.39, 0.29) is 0 Å². The van der Waals surface area contributed by atoms with E-state index in [1.807, 2.05) is 64.2 Å². The van der Waals surface area contributed by atoms with Crippen LogP contribution < -0.4 is 4.74 Å². The maximum Gasteiger partial charge on any atom is 0.337 e. The van der Waals surface area contributed by atoms with Crippen LogP contribution in [0.2, 0.25) is 0 Å². The zero-order valence-electron chi connectivity index (χ0n) is 23.7. The summed E-state index contributed by atoms with van der Waals surface area (Å²) >= 11 is 0. The summed E-state index contributed by atoms with van der Waals surface area (Å²) in [6.07, 6.45) is 5.88. The number of rotatable bonds is 7. The molecule has 41 heavy (non-hydrogen) atoms. The van der Waals surface area contributed by atoms with Crippen molar-refractivity contribution in [3.8, 4) is 22.6 Å². The summed E-state index contributed by atoms with van der Waals surface area (Å²) < 4.78 is 15.8. The Hall–Kier alpha value is -4.50. The second kappa shape index (κ2) is 10.5. The Kier molecular flexibility index (Phi) is 6.83. The number of aliphatic carboxylic acids is 1. The number of pyridine rings is 1. The molecule has 0 aliphatic carbocycles. The molecule has 5 aromatic rings. The molecule has 2 aromatic carbocycles. The van der Waals surface area contributed by atoms with E-state index in [1.165, 1.54) is 6.33 Å². The summed E-state index contributed by atoms with van der Waals surface area (Å²) in [4.78, 5) is 21.6. The Bertz CT molecular complexity index is 1720. The second-order valence-corrected chi connectivity index (χ2v) is 11.4. The van der Waals surface area contributed by atoms with Crippen molar-refractivity contribution in [3.63, 3.8) is 0 Å². The summed E-state index contributed by atoms with van der Waals surface area (Å²) in [6, 6.07) is 16.3. The molecule has 1 aliphatic heterocycles. The zero-order chi connectivity index (χ0) is 28.7. The molecule has 0 amide bonds. The van der Waals surface area contributed by atoms with E-state index in [0.717, 1.165) is 57.6 Å². The Morgan fingerprint density at radius 2 is 1.95 bits per heavy atom. The molecule has 3 aromatic heterocycles. The van der Waals surface area contributed by atoms with E-state index in [2.05, 4.69) is 32.8 Å². The predicted octanol–water partition coefficient (Wildman–Crippen LogP) is 5.91. The number of fused-ring (bicyclic) bond motifs is 2.